The molecule has 0 aliphatic carbocycles. The van der Waals surface area contributed by atoms with Crippen molar-refractivity contribution in [1.82, 2.24) is 15.1 Å². The normalized spacial score (nSPS) is 17.5. The molecule has 0 saturated carbocycles. The zero-order valence-corrected chi connectivity index (χ0v) is 9.22. The molecule has 0 amide bonds. The van der Waals surface area contributed by atoms with Gasteiger partial charge in [-0.15, -0.1) is 0 Å². The molecule has 0 atom stereocenters. The number of aliphatic carboxylic acids is 1. The Balaban J connectivity index is 1.93. The molecular formula is C11H17N3O2. The summed E-state index contributed by atoms with van der Waals surface area (Å²) in [6.45, 7) is 2.07. The Hall–Kier alpha value is -1.36. The third-order valence-corrected chi connectivity index (χ3v) is 2.97. The van der Waals surface area contributed by atoms with Gasteiger partial charge in [-0.1, -0.05) is 0 Å². The molecule has 0 aromatic carbocycles. The number of aryl methyl sites for hydroxylation is 1. The van der Waals surface area contributed by atoms with E-state index in [1.807, 2.05) is 10.9 Å². The largest absolute Gasteiger partial charge is 0.481 e. The Morgan fingerprint density at radius 3 is 3.00 bits per heavy atom. The highest BCUT2D eigenvalue weighted by atomic mass is 16.4. The molecule has 2 heterocycles. The van der Waals surface area contributed by atoms with Crippen LogP contribution in [-0.4, -0.2) is 33.9 Å². The zero-order chi connectivity index (χ0) is 11.4. The van der Waals surface area contributed by atoms with Gasteiger partial charge in [-0.25, -0.2) is 0 Å². The zero-order valence-electron chi connectivity index (χ0n) is 9.22. The topological polar surface area (TPSA) is 67.1 Å². The maximum atomic E-state index is 10.4. The molecule has 1 aromatic rings. The Morgan fingerprint density at radius 2 is 2.31 bits per heavy atom. The minimum atomic E-state index is -0.755. The molecule has 1 aliphatic heterocycles. The van der Waals surface area contributed by atoms with Crippen LogP contribution < -0.4 is 5.32 Å². The number of nitrogens with zero attached hydrogens (tertiary/aromatic N) is 2. The third-order valence-electron chi connectivity index (χ3n) is 2.97. The Kier molecular flexibility index (Phi) is 3.56. The maximum absolute atomic E-state index is 10.4. The molecular weight excluding hydrogens is 206 g/mol. The highest BCUT2D eigenvalue weighted by molar-refractivity contribution is 5.67. The number of carboxylic acid groups (broad SMARTS) is 1. The minimum Gasteiger partial charge on any atom is -0.481 e. The van der Waals surface area contributed by atoms with Gasteiger partial charge in [-0.05, 0) is 37.9 Å². The fourth-order valence-electron chi connectivity index (χ4n) is 2.03. The van der Waals surface area contributed by atoms with Gasteiger partial charge in [-0.3, -0.25) is 9.48 Å². The van der Waals surface area contributed by atoms with Gasteiger partial charge in [-0.2, -0.15) is 5.10 Å². The molecule has 5 heteroatoms. The van der Waals surface area contributed by atoms with Crippen molar-refractivity contribution in [2.75, 3.05) is 13.1 Å². The fourth-order valence-corrected chi connectivity index (χ4v) is 2.03. The number of carbonyl (C=O) groups is 1. The monoisotopic (exact) mass is 223 g/mol. The Bertz CT molecular complexity index is 356. The van der Waals surface area contributed by atoms with Crippen LogP contribution in [0.25, 0.3) is 0 Å². The predicted molar refractivity (Wildman–Crippen MR) is 59.3 cm³/mol. The SMILES string of the molecule is O=C(O)CCc1cnn(C2CCNCC2)c1. The molecule has 0 unspecified atom stereocenters. The van der Waals surface area contributed by atoms with E-state index in [9.17, 15) is 4.79 Å². The molecule has 1 aromatic heterocycles. The van der Waals surface area contributed by atoms with Crippen LogP contribution in [0.2, 0.25) is 0 Å². The van der Waals surface area contributed by atoms with Gasteiger partial charge < -0.3 is 10.4 Å². The summed E-state index contributed by atoms with van der Waals surface area (Å²) in [6.07, 6.45) is 6.71. The van der Waals surface area contributed by atoms with Gasteiger partial charge in [0.05, 0.1) is 12.2 Å². The molecule has 88 valence electrons. The average molecular weight is 223 g/mol. The van der Waals surface area contributed by atoms with Crippen LogP contribution in [0.1, 0.15) is 30.9 Å². The lowest BCUT2D eigenvalue weighted by Crippen LogP contribution is -2.29. The van der Waals surface area contributed by atoms with Crippen LogP contribution in [0.3, 0.4) is 0 Å². The van der Waals surface area contributed by atoms with Gasteiger partial charge in [0.1, 0.15) is 0 Å². The lowest BCUT2D eigenvalue weighted by Gasteiger charge is -2.22. The second-order valence-electron chi connectivity index (χ2n) is 4.20. The molecule has 0 spiro atoms. The van der Waals surface area contributed by atoms with Gasteiger partial charge >= 0.3 is 5.97 Å². The number of hydrogen-bond acceptors (Lipinski definition) is 3. The summed E-state index contributed by atoms with van der Waals surface area (Å²) in [5.41, 5.74) is 1.01. The molecule has 2 rings (SSSR count). The molecule has 16 heavy (non-hydrogen) atoms. The summed E-state index contributed by atoms with van der Waals surface area (Å²) in [4.78, 5) is 10.4. The van der Waals surface area contributed by atoms with Crippen molar-refractivity contribution in [3.8, 4) is 0 Å². The van der Waals surface area contributed by atoms with Crippen LogP contribution in [0.15, 0.2) is 12.4 Å². The third kappa shape index (κ3) is 2.82. The van der Waals surface area contributed by atoms with E-state index in [1.54, 1.807) is 6.20 Å². The van der Waals surface area contributed by atoms with Crippen molar-refractivity contribution < 1.29 is 9.90 Å². The van der Waals surface area contributed by atoms with Crippen molar-refractivity contribution in [2.24, 2.45) is 0 Å². The van der Waals surface area contributed by atoms with E-state index in [4.69, 9.17) is 5.11 Å². The number of rotatable bonds is 4. The quantitative estimate of drug-likeness (QED) is 0.793. The van der Waals surface area contributed by atoms with Crippen LogP contribution >= 0.6 is 0 Å². The van der Waals surface area contributed by atoms with Gasteiger partial charge in [0.15, 0.2) is 0 Å². The summed E-state index contributed by atoms with van der Waals surface area (Å²) in [7, 11) is 0. The van der Waals surface area contributed by atoms with E-state index < -0.39 is 5.97 Å². The van der Waals surface area contributed by atoms with Crippen molar-refractivity contribution in [3.63, 3.8) is 0 Å². The molecule has 1 saturated heterocycles. The molecule has 0 radical (unpaired) electrons. The number of carboxylic acids is 1. The molecule has 0 bridgehead atoms. The van der Waals surface area contributed by atoms with E-state index in [1.165, 1.54) is 0 Å². The lowest BCUT2D eigenvalue weighted by molar-refractivity contribution is -0.136. The summed E-state index contributed by atoms with van der Waals surface area (Å²) in [5, 5.41) is 16.2. The minimum absolute atomic E-state index is 0.178. The first-order valence-electron chi connectivity index (χ1n) is 5.71. The first-order chi connectivity index (χ1) is 7.75. The average Bonchev–Trinajstić information content (AvgIpc) is 2.76. The summed E-state index contributed by atoms with van der Waals surface area (Å²) in [5.74, 6) is -0.755. The van der Waals surface area contributed by atoms with Crippen molar-refractivity contribution >= 4 is 5.97 Å². The maximum Gasteiger partial charge on any atom is 0.303 e. The van der Waals surface area contributed by atoms with E-state index in [-0.39, 0.29) is 6.42 Å². The second-order valence-corrected chi connectivity index (χ2v) is 4.20. The van der Waals surface area contributed by atoms with Gasteiger partial charge in [0, 0.05) is 12.6 Å². The van der Waals surface area contributed by atoms with Gasteiger partial charge in [0.2, 0.25) is 0 Å². The van der Waals surface area contributed by atoms with E-state index in [0.29, 0.717) is 12.5 Å². The van der Waals surface area contributed by atoms with Crippen molar-refractivity contribution in [2.45, 2.75) is 31.7 Å². The molecule has 1 fully saturated rings. The van der Waals surface area contributed by atoms with E-state index in [0.717, 1.165) is 31.5 Å². The predicted octanol–water partition coefficient (Wildman–Crippen LogP) is 0.825. The second kappa shape index (κ2) is 5.12. The van der Waals surface area contributed by atoms with Crippen molar-refractivity contribution in [3.05, 3.63) is 18.0 Å². The number of aromatic nitrogens is 2. The Morgan fingerprint density at radius 1 is 1.56 bits per heavy atom. The van der Waals surface area contributed by atoms with E-state index >= 15 is 0 Å². The Labute approximate surface area is 94.5 Å². The standard InChI is InChI=1S/C11H17N3O2/c15-11(16)2-1-9-7-13-14(8-9)10-3-5-12-6-4-10/h7-8,10,12H,1-6H2,(H,15,16). The van der Waals surface area contributed by atoms with Crippen LogP contribution in [0.4, 0.5) is 0 Å². The van der Waals surface area contributed by atoms with Crippen LogP contribution in [0.5, 0.6) is 0 Å². The summed E-state index contributed by atoms with van der Waals surface area (Å²) < 4.78 is 1.98. The first kappa shape index (κ1) is 11.1. The van der Waals surface area contributed by atoms with Crippen LogP contribution in [0, 0.1) is 0 Å². The molecule has 2 N–H and O–H groups in total. The molecule has 1 aliphatic rings. The lowest BCUT2D eigenvalue weighted by atomic mass is 10.1. The highest BCUT2D eigenvalue weighted by Gasteiger charge is 2.15. The summed E-state index contributed by atoms with van der Waals surface area (Å²) >= 11 is 0. The highest BCUT2D eigenvalue weighted by Crippen LogP contribution is 2.18. The molecule has 5 nitrogen and oxygen atoms in total. The smallest absolute Gasteiger partial charge is 0.303 e. The van der Waals surface area contributed by atoms with E-state index in [2.05, 4.69) is 10.4 Å². The number of hydrogen-bond donors (Lipinski definition) is 2. The van der Waals surface area contributed by atoms with Crippen molar-refractivity contribution in [1.29, 1.82) is 0 Å². The number of nitrogens with one attached hydrogen (secondary N) is 1. The number of piperidine rings is 1. The van der Waals surface area contributed by atoms with Crippen LogP contribution in [-0.2, 0) is 11.2 Å². The fraction of sp³-hybridized carbons (Fsp3) is 0.636. The first-order valence-corrected chi connectivity index (χ1v) is 5.71. The summed E-state index contributed by atoms with van der Waals surface area (Å²) in [6, 6.07) is 0.472. The van der Waals surface area contributed by atoms with Gasteiger partial charge in [0.25, 0.3) is 0 Å².